The van der Waals surface area contributed by atoms with Crippen molar-refractivity contribution in [3.8, 4) is 11.5 Å². The fourth-order valence-electron chi connectivity index (χ4n) is 2.68. The maximum Gasteiger partial charge on any atom is 0.417 e. The maximum atomic E-state index is 13.0. The highest BCUT2D eigenvalue weighted by molar-refractivity contribution is 7.86. The molecule has 0 radical (unpaired) electrons. The first kappa shape index (κ1) is 25.9. The molecule has 0 spiro atoms. The average Bonchev–Trinajstić information content (AvgIpc) is 2.71. The van der Waals surface area contributed by atoms with Crippen LogP contribution in [0.1, 0.15) is 5.56 Å². The zero-order valence-electron chi connectivity index (χ0n) is 16.5. The van der Waals surface area contributed by atoms with Gasteiger partial charge < -0.3 is 15.4 Å². The summed E-state index contributed by atoms with van der Waals surface area (Å²) in [5.41, 5.74) is -1.41. The van der Waals surface area contributed by atoms with Gasteiger partial charge in [-0.2, -0.15) is 21.6 Å². The molecule has 14 heteroatoms. The van der Waals surface area contributed by atoms with E-state index in [1.165, 1.54) is 36.4 Å². The molecule has 180 valence electrons. The van der Waals surface area contributed by atoms with Gasteiger partial charge in [0.05, 0.1) is 16.3 Å². The topological polar surface area (TPSA) is 105 Å². The van der Waals surface area contributed by atoms with Gasteiger partial charge in [-0.25, -0.2) is 4.79 Å². The molecule has 0 saturated carbocycles. The Hall–Kier alpha value is -2.70. The number of alkyl halides is 3. The van der Waals surface area contributed by atoms with Gasteiger partial charge in [0.25, 0.3) is 10.1 Å². The predicted octanol–water partition coefficient (Wildman–Crippen LogP) is 7.35. The van der Waals surface area contributed by atoms with Crippen LogP contribution >= 0.6 is 34.8 Å². The van der Waals surface area contributed by atoms with E-state index in [2.05, 4.69) is 10.6 Å². The first-order chi connectivity index (χ1) is 15.7. The molecule has 34 heavy (non-hydrogen) atoms. The molecule has 0 fully saturated rings. The van der Waals surface area contributed by atoms with Gasteiger partial charge in [0.1, 0.15) is 10.6 Å². The third-order valence-corrected chi connectivity index (χ3v) is 5.80. The number of halogens is 6. The number of anilines is 2. The van der Waals surface area contributed by atoms with E-state index in [9.17, 15) is 30.9 Å². The Balaban J connectivity index is 1.88. The monoisotopic (exact) mass is 554 g/mol. The molecular weight excluding hydrogens is 544 g/mol. The normalized spacial score (nSPS) is 11.7. The van der Waals surface area contributed by atoms with Crippen LogP contribution in [0.3, 0.4) is 0 Å². The van der Waals surface area contributed by atoms with Crippen LogP contribution in [0.5, 0.6) is 11.5 Å². The van der Waals surface area contributed by atoms with Gasteiger partial charge in [0, 0.05) is 15.7 Å². The van der Waals surface area contributed by atoms with Crippen LogP contribution in [0.15, 0.2) is 59.5 Å². The number of amides is 2. The molecule has 0 aliphatic heterocycles. The van der Waals surface area contributed by atoms with Crippen molar-refractivity contribution in [3.05, 3.63) is 75.2 Å². The van der Waals surface area contributed by atoms with Crippen LogP contribution in [0.25, 0.3) is 0 Å². The Morgan fingerprint density at radius 2 is 1.50 bits per heavy atom. The molecule has 0 atom stereocenters. The Morgan fingerprint density at radius 3 is 2.12 bits per heavy atom. The first-order valence-electron chi connectivity index (χ1n) is 8.93. The van der Waals surface area contributed by atoms with Crippen LogP contribution in [0.2, 0.25) is 15.1 Å². The van der Waals surface area contributed by atoms with Gasteiger partial charge in [0.15, 0.2) is 5.75 Å². The number of ether oxygens (including phenoxy) is 1. The zero-order chi connectivity index (χ0) is 25.3. The molecule has 0 aromatic heterocycles. The average molecular weight is 556 g/mol. The van der Waals surface area contributed by atoms with Gasteiger partial charge in [-0.1, -0.05) is 34.8 Å². The van der Waals surface area contributed by atoms with Gasteiger partial charge in [-0.3, -0.25) is 4.55 Å². The lowest BCUT2D eigenvalue weighted by molar-refractivity contribution is -0.137. The molecule has 3 aromatic rings. The SMILES string of the molecule is O=C(Nc1ccc(Cl)c(C(F)(F)F)c1)Nc1cc(Cl)ccc1Oc1ccc(Cl)cc1S(=O)(=O)O. The summed E-state index contributed by atoms with van der Waals surface area (Å²) in [4.78, 5) is 11.8. The van der Waals surface area contributed by atoms with Gasteiger partial charge in [-0.15, -0.1) is 0 Å². The van der Waals surface area contributed by atoms with Crippen molar-refractivity contribution in [1.82, 2.24) is 0 Å². The molecule has 7 nitrogen and oxygen atoms in total. The first-order valence-corrected chi connectivity index (χ1v) is 11.5. The van der Waals surface area contributed by atoms with Crippen molar-refractivity contribution in [2.45, 2.75) is 11.1 Å². The number of rotatable bonds is 5. The minimum Gasteiger partial charge on any atom is -0.454 e. The highest BCUT2D eigenvalue weighted by Gasteiger charge is 2.33. The minimum atomic E-state index is -4.73. The van der Waals surface area contributed by atoms with E-state index in [1.807, 2.05) is 0 Å². The molecule has 3 rings (SSSR count). The van der Waals surface area contributed by atoms with Gasteiger partial charge >= 0.3 is 12.2 Å². The van der Waals surface area contributed by atoms with E-state index in [0.29, 0.717) is 6.07 Å². The molecule has 0 heterocycles. The summed E-state index contributed by atoms with van der Waals surface area (Å²) >= 11 is 17.3. The van der Waals surface area contributed by atoms with Crippen molar-refractivity contribution in [2.24, 2.45) is 0 Å². The van der Waals surface area contributed by atoms with E-state index in [1.54, 1.807) is 0 Å². The molecule has 3 N–H and O–H groups in total. The second-order valence-electron chi connectivity index (χ2n) is 6.58. The molecule has 0 saturated heterocycles. The lowest BCUT2D eigenvalue weighted by Gasteiger charge is -2.16. The van der Waals surface area contributed by atoms with E-state index in [-0.39, 0.29) is 32.9 Å². The summed E-state index contributed by atoms with van der Waals surface area (Å²) in [5, 5.41) is 4.20. The molecule has 3 aromatic carbocycles. The van der Waals surface area contributed by atoms with E-state index in [0.717, 1.165) is 12.1 Å². The summed E-state index contributed by atoms with van der Waals surface area (Å²) < 4.78 is 77.4. The number of benzene rings is 3. The number of hydrogen-bond acceptors (Lipinski definition) is 4. The lowest BCUT2D eigenvalue weighted by atomic mass is 10.2. The smallest absolute Gasteiger partial charge is 0.417 e. The summed E-state index contributed by atoms with van der Waals surface area (Å²) in [6.07, 6.45) is -4.73. The van der Waals surface area contributed by atoms with Crippen molar-refractivity contribution in [1.29, 1.82) is 0 Å². The fraction of sp³-hybridized carbons (Fsp3) is 0.0500. The fourth-order valence-corrected chi connectivity index (χ4v) is 3.95. The summed E-state index contributed by atoms with van der Waals surface area (Å²) in [6.45, 7) is 0. The van der Waals surface area contributed by atoms with Crippen LogP contribution in [-0.2, 0) is 16.3 Å². The minimum absolute atomic E-state index is 0.00926. The number of carbonyl (C=O) groups is 1. The van der Waals surface area contributed by atoms with Crippen molar-refractivity contribution in [3.63, 3.8) is 0 Å². The van der Waals surface area contributed by atoms with E-state index >= 15 is 0 Å². The molecule has 0 unspecified atom stereocenters. The second-order valence-corrected chi connectivity index (χ2v) is 9.25. The van der Waals surface area contributed by atoms with Crippen molar-refractivity contribution >= 4 is 62.3 Å². The molecule has 0 aliphatic rings. The summed E-state index contributed by atoms with van der Waals surface area (Å²) in [7, 11) is -4.72. The van der Waals surface area contributed by atoms with Crippen LogP contribution in [0, 0.1) is 0 Å². The number of urea groups is 1. The molecule has 2 amide bonds. The van der Waals surface area contributed by atoms with Crippen LogP contribution in [-0.4, -0.2) is 19.0 Å². The van der Waals surface area contributed by atoms with E-state index < -0.39 is 37.8 Å². The Kier molecular flexibility index (Phi) is 7.53. The summed E-state index contributed by atoms with van der Waals surface area (Å²) in [6, 6.07) is 9.20. The lowest BCUT2D eigenvalue weighted by Crippen LogP contribution is -2.20. The summed E-state index contributed by atoms with van der Waals surface area (Å²) in [5.74, 6) is -0.413. The van der Waals surface area contributed by atoms with Gasteiger partial charge in [0.2, 0.25) is 0 Å². The highest BCUT2D eigenvalue weighted by atomic mass is 35.5. The quantitative estimate of drug-likeness (QED) is 0.286. The largest absolute Gasteiger partial charge is 0.454 e. The molecular formula is C20H12Cl3F3N2O5S. The van der Waals surface area contributed by atoms with Crippen LogP contribution in [0.4, 0.5) is 29.3 Å². The zero-order valence-corrected chi connectivity index (χ0v) is 19.5. The predicted molar refractivity (Wildman–Crippen MR) is 122 cm³/mol. The Bertz CT molecular complexity index is 1370. The van der Waals surface area contributed by atoms with E-state index in [4.69, 9.17) is 39.5 Å². The molecule has 0 aliphatic carbocycles. The van der Waals surface area contributed by atoms with Crippen LogP contribution < -0.4 is 15.4 Å². The second kappa shape index (κ2) is 9.88. The Morgan fingerprint density at radius 1 is 0.882 bits per heavy atom. The third kappa shape index (κ3) is 6.45. The third-order valence-electron chi connectivity index (χ3n) is 4.12. The maximum absolute atomic E-state index is 13.0. The molecule has 0 bridgehead atoms. The van der Waals surface area contributed by atoms with Crippen molar-refractivity contribution < 1.29 is 35.7 Å². The highest BCUT2D eigenvalue weighted by Crippen LogP contribution is 2.38. The van der Waals surface area contributed by atoms with Gasteiger partial charge in [-0.05, 0) is 54.6 Å². The number of nitrogens with one attached hydrogen (secondary N) is 2. The standard InChI is InChI=1S/C20H12Cl3F3N2O5S/c21-10-1-5-16(33-17-6-2-11(22)8-18(17)34(30,31)32)15(7-10)28-19(29)27-12-3-4-14(23)13(9-12)20(24,25)26/h1-9H,(H2,27,28,29)(H,30,31,32). The van der Waals surface area contributed by atoms with Crippen molar-refractivity contribution in [2.75, 3.05) is 10.6 Å². The number of carbonyl (C=O) groups excluding carboxylic acids is 1. The Labute approximate surface area is 206 Å². The number of hydrogen-bond donors (Lipinski definition) is 3.